The van der Waals surface area contributed by atoms with E-state index in [0.717, 1.165) is 11.8 Å². The predicted octanol–water partition coefficient (Wildman–Crippen LogP) is 3.81. The van der Waals surface area contributed by atoms with Crippen molar-refractivity contribution in [2.75, 3.05) is 18.6 Å². The molecule has 0 atom stereocenters. The first-order valence-electron chi connectivity index (χ1n) is 8.31. The summed E-state index contributed by atoms with van der Waals surface area (Å²) in [7, 11) is 1.50. The van der Waals surface area contributed by atoms with E-state index < -0.39 is 5.97 Å². The lowest BCUT2D eigenvalue weighted by Gasteiger charge is -2.16. The number of ether oxygens (including phenoxy) is 2. The van der Waals surface area contributed by atoms with Crippen molar-refractivity contribution in [1.82, 2.24) is 0 Å². The number of carboxylic acid groups (broad SMARTS) is 1. The molecule has 3 rings (SSSR count). The Bertz CT molecular complexity index is 1070. The number of terminal acetylenes is 1. The largest absolute Gasteiger partial charge is 0.493 e. The maximum absolute atomic E-state index is 12.9. The number of carbonyl (C=O) groups excluding carboxylic acids is 1. The summed E-state index contributed by atoms with van der Waals surface area (Å²) in [4.78, 5) is 26.0. The predicted molar refractivity (Wildman–Crippen MR) is 116 cm³/mol. The summed E-state index contributed by atoms with van der Waals surface area (Å²) in [5.41, 5.74) is 0.935. The third kappa shape index (κ3) is 4.26. The number of anilines is 1. The molecule has 1 aliphatic rings. The van der Waals surface area contributed by atoms with Gasteiger partial charge in [0.05, 0.1) is 23.3 Å². The molecule has 2 aromatic rings. The number of thioether (sulfide) groups is 1. The Hall–Kier alpha value is -3.28. The van der Waals surface area contributed by atoms with E-state index in [1.165, 1.54) is 18.1 Å². The molecule has 8 heteroatoms. The molecule has 0 aliphatic carbocycles. The Kier molecular flexibility index (Phi) is 6.22. The van der Waals surface area contributed by atoms with Gasteiger partial charge in [-0.25, -0.2) is 4.79 Å². The Balaban J connectivity index is 1.93. The molecule has 1 aliphatic heterocycles. The number of carbonyl (C=O) groups is 2. The molecule has 1 saturated heterocycles. The fourth-order valence-electron chi connectivity index (χ4n) is 2.69. The highest BCUT2D eigenvalue weighted by atomic mass is 32.2. The van der Waals surface area contributed by atoms with E-state index in [2.05, 4.69) is 5.92 Å². The van der Waals surface area contributed by atoms with Gasteiger partial charge in [-0.2, -0.15) is 0 Å². The van der Waals surface area contributed by atoms with Gasteiger partial charge in [0.25, 0.3) is 5.91 Å². The third-order valence-electron chi connectivity index (χ3n) is 3.97. The van der Waals surface area contributed by atoms with Crippen LogP contribution in [0.15, 0.2) is 47.4 Å². The van der Waals surface area contributed by atoms with Crippen molar-refractivity contribution in [2.24, 2.45) is 0 Å². The van der Waals surface area contributed by atoms with Crippen LogP contribution in [0.4, 0.5) is 5.69 Å². The lowest BCUT2D eigenvalue weighted by Crippen LogP contribution is -2.29. The van der Waals surface area contributed by atoms with E-state index in [4.69, 9.17) is 28.1 Å². The number of hydrogen-bond acceptors (Lipinski definition) is 6. The molecule has 0 spiro atoms. The second kappa shape index (κ2) is 8.82. The van der Waals surface area contributed by atoms with Crippen LogP contribution in [0, 0.1) is 12.3 Å². The highest BCUT2D eigenvalue weighted by Crippen LogP contribution is 2.38. The summed E-state index contributed by atoms with van der Waals surface area (Å²) in [6, 6.07) is 11.4. The summed E-state index contributed by atoms with van der Waals surface area (Å²) in [5, 5.41) is 9.40. The highest BCUT2D eigenvalue weighted by molar-refractivity contribution is 8.27. The van der Waals surface area contributed by atoms with Gasteiger partial charge in [0, 0.05) is 0 Å². The minimum atomic E-state index is -1.13. The summed E-state index contributed by atoms with van der Waals surface area (Å²) in [5.74, 6) is 1.83. The van der Waals surface area contributed by atoms with Gasteiger partial charge in [-0.1, -0.05) is 48.1 Å². The van der Waals surface area contributed by atoms with Crippen LogP contribution in [0.25, 0.3) is 6.08 Å². The molecule has 6 nitrogen and oxygen atoms in total. The molecule has 2 aromatic carbocycles. The SMILES string of the molecule is C#CCOc1ccc(/C=C2\SC(=S)N(c3ccccc3C(=O)O)C2=O)cc1OC. The molecule has 0 aromatic heterocycles. The maximum atomic E-state index is 12.9. The van der Waals surface area contributed by atoms with Crippen molar-refractivity contribution >= 4 is 51.9 Å². The fourth-order valence-corrected chi connectivity index (χ4v) is 3.97. The van der Waals surface area contributed by atoms with Gasteiger partial charge in [0.1, 0.15) is 6.61 Å². The molecule has 0 radical (unpaired) electrons. The standard InChI is InChI=1S/C21H15NO5S2/c1-3-10-27-16-9-8-13(11-17(16)26-2)12-18-19(23)22(21(28)29-18)15-7-5-4-6-14(15)20(24)25/h1,4-9,11-12H,10H2,2H3,(H,24,25)/b18-12-. The monoisotopic (exact) mass is 425 g/mol. The number of rotatable bonds is 6. The normalized spacial score (nSPS) is 14.8. The Morgan fingerprint density at radius 2 is 2.07 bits per heavy atom. The van der Waals surface area contributed by atoms with E-state index in [9.17, 15) is 14.7 Å². The molecule has 29 heavy (non-hydrogen) atoms. The highest BCUT2D eigenvalue weighted by Gasteiger charge is 2.35. The Morgan fingerprint density at radius 3 is 2.76 bits per heavy atom. The van der Waals surface area contributed by atoms with E-state index >= 15 is 0 Å². The lowest BCUT2D eigenvalue weighted by molar-refractivity contribution is -0.113. The van der Waals surface area contributed by atoms with Crippen molar-refractivity contribution in [1.29, 1.82) is 0 Å². The number of benzene rings is 2. The average Bonchev–Trinajstić information content (AvgIpc) is 2.99. The van der Waals surface area contributed by atoms with Crippen molar-refractivity contribution in [3.63, 3.8) is 0 Å². The van der Waals surface area contributed by atoms with Crippen LogP contribution < -0.4 is 14.4 Å². The fraction of sp³-hybridized carbons (Fsp3) is 0.0952. The van der Waals surface area contributed by atoms with Crippen molar-refractivity contribution < 1.29 is 24.2 Å². The summed E-state index contributed by atoms with van der Waals surface area (Å²) in [6.07, 6.45) is 6.87. The van der Waals surface area contributed by atoms with Crippen LogP contribution in [0.1, 0.15) is 15.9 Å². The topological polar surface area (TPSA) is 76.1 Å². The second-order valence-corrected chi connectivity index (χ2v) is 7.42. The number of nitrogens with zero attached hydrogens (tertiary/aromatic N) is 1. The van der Waals surface area contributed by atoms with Gasteiger partial charge in [0.2, 0.25) is 0 Å². The zero-order chi connectivity index (χ0) is 21.0. The van der Waals surface area contributed by atoms with Crippen molar-refractivity contribution in [3.05, 3.63) is 58.5 Å². The number of thiocarbonyl (C=S) groups is 1. The minimum absolute atomic E-state index is 0.00161. The van der Waals surface area contributed by atoms with Gasteiger partial charge in [0.15, 0.2) is 15.8 Å². The number of aromatic carboxylic acids is 1. The van der Waals surface area contributed by atoms with Gasteiger partial charge in [-0.05, 0) is 35.9 Å². The molecule has 1 heterocycles. The first kappa shape index (κ1) is 20.5. The van der Waals surface area contributed by atoms with Crippen LogP contribution in [-0.4, -0.2) is 35.0 Å². The molecule has 0 unspecified atom stereocenters. The molecular weight excluding hydrogens is 410 g/mol. The van der Waals surface area contributed by atoms with Gasteiger partial charge >= 0.3 is 5.97 Å². The number of methoxy groups -OCH3 is 1. The van der Waals surface area contributed by atoms with Crippen LogP contribution >= 0.6 is 24.0 Å². The quantitative estimate of drug-likeness (QED) is 0.428. The molecule has 0 saturated carbocycles. The van der Waals surface area contributed by atoms with Crippen LogP contribution in [0.3, 0.4) is 0 Å². The van der Waals surface area contributed by atoms with Gasteiger partial charge in [-0.15, -0.1) is 6.42 Å². The average molecular weight is 425 g/mol. The summed E-state index contributed by atoms with van der Waals surface area (Å²) < 4.78 is 11.0. The molecular formula is C21H15NO5S2. The van der Waals surface area contributed by atoms with E-state index in [1.807, 2.05) is 0 Å². The van der Waals surface area contributed by atoms with Crippen molar-refractivity contribution in [2.45, 2.75) is 0 Å². The van der Waals surface area contributed by atoms with Crippen molar-refractivity contribution in [3.8, 4) is 23.8 Å². The first-order valence-corrected chi connectivity index (χ1v) is 9.53. The summed E-state index contributed by atoms with van der Waals surface area (Å²) in [6.45, 7) is 0.108. The smallest absolute Gasteiger partial charge is 0.337 e. The molecule has 0 bridgehead atoms. The van der Waals surface area contributed by atoms with Crippen LogP contribution in [0.5, 0.6) is 11.5 Å². The number of hydrogen-bond donors (Lipinski definition) is 1. The first-order chi connectivity index (χ1) is 14.0. The number of para-hydroxylation sites is 1. The Morgan fingerprint density at radius 1 is 1.31 bits per heavy atom. The Labute approximate surface area is 177 Å². The number of carboxylic acids is 1. The van der Waals surface area contributed by atoms with E-state index in [1.54, 1.807) is 42.5 Å². The van der Waals surface area contributed by atoms with Gasteiger partial charge in [-0.3, -0.25) is 9.69 Å². The number of amides is 1. The molecule has 1 N–H and O–H groups in total. The summed E-state index contributed by atoms with van der Waals surface area (Å²) >= 11 is 6.43. The lowest BCUT2D eigenvalue weighted by atomic mass is 10.1. The maximum Gasteiger partial charge on any atom is 0.337 e. The minimum Gasteiger partial charge on any atom is -0.493 e. The molecule has 146 valence electrons. The zero-order valence-electron chi connectivity index (χ0n) is 15.2. The zero-order valence-corrected chi connectivity index (χ0v) is 16.9. The van der Waals surface area contributed by atoms with Crippen LogP contribution in [0.2, 0.25) is 0 Å². The van der Waals surface area contributed by atoms with E-state index in [0.29, 0.717) is 22.0 Å². The van der Waals surface area contributed by atoms with Gasteiger partial charge < -0.3 is 14.6 Å². The van der Waals surface area contributed by atoms with E-state index in [-0.39, 0.29) is 28.1 Å². The molecule has 1 amide bonds. The third-order valence-corrected chi connectivity index (χ3v) is 5.27. The second-order valence-electron chi connectivity index (χ2n) is 5.74. The van der Waals surface area contributed by atoms with Crippen LogP contribution in [-0.2, 0) is 4.79 Å². The molecule has 1 fully saturated rings.